The van der Waals surface area contributed by atoms with Gasteiger partial charge < -0.3 is 14.4 Å². The maximum Gasteiger partial charge on any atom is 0.337 e. The summed E-state index contributed by atoms with van der Waals surface area (Å²) < 4.78 is 10.2. The normalized spacial score (nSPS) is 14.1. The molecule has 28 heavy (non-hydrogen) atoms. The molecule has 0 bridgehead atoms. The minimum absolute atomic E-state index is 0.0226. The molecule has 4 rings (SSSR count). The van der Waals surface area contributed by atoms with Gasteiger partial charge in [0.2, 0.25) is 0 Å². The summed E-state index contributed by atoms with van der Waals surface area (Å²) in [6.45, 7) is 2.36. The second kappa shape index (κ2) is 7.82. The van der Waals surface area contributed by atoms with Crippen LogP contribution in [-0.4, -0.2) is 50.2 Å². The number of carbonyl (C=O) groups excluding carboxylic acids is 2. The Labute approximate surface area is 163 Å². The average Bonchev–Trinajstić information content (AvgIpc) is 2.78. The lowest BCUT2D eigenvalue weighted by Crippen LogP contribution is -2.40. The molecule has 0 N–H and O–H groups in total. The Hall–Kier alpha value is -3.18. The molecule has 0 atom stereocenters. The molecule has 142 valence electrons. The predicted molar refractivity (Wildman–Crippen MR) is 107 cm³/mol. The van der Waals surface area contributed by atoms with Crippen LogP contribution in [0.25, 0.3) is 21.9 Å². The van der Waals surface area contributed by atoms with E-state index in [1.165, 1.54) is 7.11 Å². The quantitative estimate of drug-likeness (QED) is 0.654. The Bertz CT molecular complexity index is 1040. The lowest BCUT2D eigenvalue weighted by Gasteiger charge is -2.27. The molecular formula is C23H21NO4. The molecule has 3 aromatic rings. The molecule has 1 heterocycles. The molecule has 1 fully saturated rings. The van der Waals surface area contributed by atoms with Gasteiger partial charge in [-0.2, -0.15) is 0 Å². The van der Waals surface area contributed by atoms with Crippen LogP contribution in [-0.2, 0) is 9.47 Å². The smallest absolute Gasteiger partial charge is 0.337 e. The number of carbonyl (C=O) groups is 2. The van der Waals surface area contributed by atoms with E-state index < -0.39 is 0 Å². The van der Waals surface area contributed by atoms with E-state index in [0.717, 1.165) is 21.9 Å². The van der Waals surface area contributed by atoms with Gasteiger partial charge in [-0.1, -0.05) is 42.5 Å². The second-order valence-electron chi connectivity index (χ2n) is 6.68. The molecule has 1 aliphatic rings. The van der Waals surface area contributed by atoms with Crippen LogP contribution in [0.2, 0.25) is 0 Å². The molecule has 0 unspecified atom stereocenters. The first-order chi connectivity index (χ1) is 13.7. The third-order valence-electron chi connectivity index (χ3n) is 5.05. The number of hydrogen-bond acceptors (Lipinski definition) is 4. The zero-order valence-corrected chi connectivity index (χ0v) is 15.7. The van der Waals surface area contributed by atoms with E-state index in [9.17, 15) is 9.59 Å². The largest absolute Gasteiger partial charge is 0.465 e. The standard InChI is InChI=1S/C23H21NO4/c1-27-23(26)17-6-2-5-16(15-17)18-7-3-9-20-19(18)8-4-10-21(20)22(25)24-11-13-28-14-12-24/h2-10,15H,11-14H2,1H3. The number of nitrogens with zero attached hydrogens (tertiary/aromatic N) is 1. The number of hydrogen-bond donors (Lipinski definition) is 0. The summed E-state index contributed by atoms with van der Waals surface area (Å²) in [5, 5.41) is 1.88. The van der Waals surface area contributed by atoms with E-state index in [1.807, 2.05) is 59.5 Å². The van der Waals surface area contributed by atoms with Crippen LogP contribution in [0.1, 0.15) is 20.7 Å². The van der Waals surface area contributed by atoms with Gasteiger partial charge in [0.25, 0.3) is 5.91 Å². The highest BCUT2D eigenvalue weighted by molar-refractivity contribution is 6.10. The van der Waals surface area contributed by atoms with E-state index in [2.05, 4.69) is 0 Å². The van der Waals surface area contributed by atoms with Gasteiger partial charge in [0.1, 0.15) is 0 Å². The molecule has 1 amide bonds. The summed E-state index contributed by atoms with van der Waals surface area (Å²) in [6.07, 6.45) is 0. The third kappa shape index (κ3) is 3.37. The van der Waals surface area contributed by atoms with Crippen molar-refractivity contribution in [2.45, 2.75) is 0 Å². The van der Waals surface area contributed by atoms with Crippen LogP contribution in [0.5, 0.6) is 0 Å². The predicted octanol–water partition coefficient (Wildman–Crippen LogP) is 3.77. The summed E-state index contributed by atoms with van der Waals surface area (Å²) >= 11 is 0. The lowest BCUT2D eigenvalue weighted by atomic mass is 9.94. The molecular weight excluding hydrogens is 354 g/mol. The van der Waals surface area contributed by atoms with Crippen molar-refractivity contribution < 1.29 is 19.1 Å². The Morgan fingerprint density at radius 1 is 0.929 bits per heavy atom. The van der Waals surface area contributed by atoms with Crippen molar-refractivity contribution in [3.8, 4) is 11.1 Å². The molecule has 0 aromatic heterocycles. The Morgan fingerprint density at radius 3 is 2.43 bits per heavy atom. The first-order valence-corrected chi connectivity index (χ1v) is 9.26. The average molecular weight is 375 g/mol. The van der Waals surface area contributed by atoms with Crippen LogP contribution < -0.4 is 0 Å². The summed E-state index contributed by atoms with van der Waals surface area (Å²) in [6, 6.07) is 19.0. The van der Waals surface area contributed by atoms with E-state index in [1.54, 1.807) is 6.07 Å². The van der Waals surface area contributed by atoms with E-state index >= 15 is 0 Å². The minimum Gasteiger partial charge on any atom is -0.465 e. The maximum absolute atomic E-state index is 13.1. The van der Waals surface area contributed by atoms with Gasteiger partial charge in [-0.3, -0.25) is 4.79 Å². The Morgan fingerprint density at radius 2 is 1.64 bits per heavy atom. The Balaban J connectivity index is 1.80. The fraction of sp³-hybridized carbons (Fsp3) is 0.217. The van der Waals surface area contributed by atoms with Crippen LogP contribution in [0.4, 0.5) is 0 Å². The summed E-state index contributed by atoms with van der Waals surface area (Å²) in [7, 11) is 1.37. The topological polar surface area (TPSA) is 55.8 Å². The molecule has 0 radical (unpaired) electrons. The zero-order chi connectivity index (χ0) is 19.5. The number of fused-ring (bicyclic) bond motifs is 1. The number of methoxy groups -OCH3 is 1. The highest BCUT2D eigenvalue weighted by atomic mass is 16.5. The van der Waals surface area contributed by atoms with Crippen LogP contribution in [0.15, 0.2) is 60.7 Å². The van der Waals surface area contributed by atoms with Crippen molar-refractivity contribution in [1.29, 1.82) is 0 Å². The summed E-state index contributed by atoms with van der Waals surface area (Å²) in [5.41, 5.74) is 3.06. The Kier molecular flexibility index (Phi) is 5.08. The molecule has 5 heteroatoms. The molecule has 0 saturated carbocycles. The SMILES string of the molecule is COC(=O)c1cccc(-c2cccc3c(C(=O)N4CCOCC4)cccc23)c1. The third-order valence-corrected chi connectivity index (χ3v) is 5.05. The van der Waals surface area contributed by atoms with Crippen molar-refractivity contribution in [3.05, 3.63) is 71.8 Å². The van der Waals surface area contributed by atoms with Crippen LogP contribution in [0.3, 0.4) is 0 Å². The monoisotopic (exact) mass is 375 g/mol. The van der Waals surface area contributed by atoms with Crippen molar-refractivity contribution in [1.82, 2.24) is 4.90 Å². The number of morpholine rings is 1. The number of ether oxygens (including phenoxy) is 2. The lowest BCUT2D eigenvalue weighted by molar-refractivity contribution is 0.0304. The van der Waals surface area contributed by atoms with Crippen LogP contribution in [0, 0.1) is 0 Å². The van der Waals surface area contributed by atoms with E-state index in [4.69, 9.17) is 9.47 Å². The number of esters is 1. The van der Waals surface area contributed by atoms with Gasteiger partial charge in [-0.25, -0.2) is 4.79 Å². The van der Waals surface area contributed by atoms with Crippen LogP contribution >= 0.6 is 0 Å². The molecule has 1 saturated heterocycles. The molecule has 0 spiro atoms. The van der Waals surface area contributed by atoms with E-state index in [0.29, 0.717) is 37.4 Å². The number of amides is 1. The van der Waals surface area contributed by atoms with Crippen molar-refractivity contribution >= 4 is 22.6 Å². The minimum atomic E-state index is -0.370. The van der Waals surface area contributed by atoms with Gasteiger partial charge in [0.15, 0.2) is 0 Å². The molecule has 5 nitrogen and oxygen atoms in total. The molecule has 3 aromatic carbocycles. The first kappa shape index (κ1) is 18.2. The van der Waals surface area contributed by atoms with Gasteiger partial charge in [0.05, 0.1) is 25.9 Å². The number of benzene rings is 3. The fourth-order valence-electron chi connectivity index (χ4n) is 3.62. The number of rotatable bonds is 3. The van der Waals surface area contributed by atoms with E-state index in [-0.39, 0.29) is 11.9 Å². The molecule has 1 aliphatic heterocycles. The fourth-order valence-corrected chi connectivity index (χ4v) is 3.62. The zero-order valence-electron chi connectivity index (χ0n) is 15.7. The summed E-state index contributed by atoms with van der Waals surface area (Å²) in [4.78, 5) is 26.8. The van der Waals surface area contributed by atoms with Crippen molar-refractivity contribution in [3.63, 3.8) is 0 Å². The van der Waals surface area contributed by atoms with Gasteiger partial charge in [-0.05, 0) is 40.1 Å². The molecule has 0 aliphatic carbocycles. The highest BCUT2D eigenvalue weighted by Gasteiger charge is 2.21. The van der Waals surface area contributed by atoms with Crippen molar-refractivity contribution in [2.75, 3.05) is 33.4 Å². The van der Waals surface area contributed by atoms with Crippen molar-refractivity contribution in [2.24, 2.45) is 0 Å². The first-order valence-electron chi connectivity index (χ1n) is 9.26. The van der Waals surface area contributed by atoms with Gasteiger partial charge in [0, 0.05) is 18.7 Å². The highest BCUT2D eigenvalue weighted by Crippen LogP contribution is 2.31. The van der Waals surface area contributed by atoms with Gasteiger partial charge in [-0.15, -0.1) is 0 Å². The summed E-state index contributed by atoms with van der Waals surface area (Å²) in [5.74, 6) is -0.348. The maximum atomic E-state index is 13.1. The second-order valence-corrected chi connectivity index (χ2v) is 6.68. The van der Waals surface area contributed by atoms with Gasteiger partial charge >= 0.3 is 5.97 Å².